The van der Waals surface area contributed by atoms with Crippen molar-refractivity contribution in [3.63, 3.8) is 0 Å². The van der Waals surface area contributed by atoms with Gasteiger partial charge in [0.1, 0.15) is 11.5 Å². The maximum Gasteiger partial charge on any atom is 0.338 e. The van der Waals surface area contributed by atoms with Gasteiger partial charge in [0, 0.05) is 15.5 Å². The van der Waals surface area contributed by atoms with Gasteiger partial charge in [-0.05, 0) is 42.5 Å². The Kier molecular flexibility index (Phi) is 7.10. The number of furan rings is 1. The third-order valence-corrected chi connectivity index (χ3v) is 5.05. The number of hydrogen-bond acceptors (Lipinski definition) is 6. The third kappa shape index (κ3) is 5.73. The van der Waals surface area contributed by atoms with Gasteiger partial charge in [-0.2, -0.15) is 5.10 Å². The number of thioether (sulfide) groups is 1. The molecule has 0 saturated carbocycles. The average molecular weight is 429 g/mol. The molecule has 1 amide bonds. The minimum absolute atomic E-state index is 0.217. The Morgan fingerprint density at radius 1 is 1.14 bits per heavy atom. The molecule has 8 heteroatoms. The molecule has 0 aliphatic rings. The van der Waals surface area contributed by atoms with Crippen molar-refractivity contribution in [2.75, 3.05) is 12.9 Å². The molecule has 0 saturated heterocycles. The van der Waals surface area contributed by atoms with Gasteiger partial charge in [0.05, 0.1) is 24.6 Å². The number of hydrazone groups is 1. The molecule has 29 heavy (non-hydrogen) atoms. The molecule has 0 fully saturated rings. The maximum absolute atomic E-state index is 11.9. The van der Waals surface area contributed by atoms with Crippen LogP contribution in [0.4, 0.5) is 0 Å². The fourth-order valence-electron chi connectivity index (χ4n) is 2.43. The van der Waals surface area contributed by atoms with Crippen LogP contribution in [0.15, 0.2) is 75.1 Å². The molecule has 1 aromatic heterocycles. The number of hydrogen-bond donors (Lipinski definition) is 1. The summed E-state index contributed by atoms with van der Waals surface area (Å²) in [6, 6.07) is 17.6. The molecule has 3 aromatic rings. The molecule has 0 unspecified atom stereocenters. The number of esters is 1. The average Bonchev–Trinajstić information content (AvgIpc) is 3.21. The van der Waals surface area contributed by atoms with Crippen LogP contribution in [-0.2, 0) is 9.53 Å². The van der Waals surface area contributed by atoms with Crippen LogP contribution in [0.3, 0.4) is 0 Å². The molecule has 0 spiro atoms. The van der Waals surface area contributed by atoms with Crippen LogP contribution in [0.25, 0.3) is 11.3 Å². The topological polar surface area (TPSA) is 80.9 Å². The third-order valence-electron chi connectivity index (χ3n) is 3.79. The number of carbonyl (C=O) groups excluding carboxylic acids is 2. The van der Waals surface area contributed by atoms with E-state index in [0.29, 0.717) is 27.7 Å². The van der Waals surface area contributed by atoms with Gasteiger partial charge in [0.15, 0.2) is 0 Å². The lowest BCUT2D eigenvalue weighted by molar-refractivity contribution is -0.118. The van der Waals surface area contributed by atoms with Gasteiger partial charge in [-0.15, -0.1) is 11.8 Å². The monoisotopic (exact) mass is 428 g/mol. The van der Waals surface area contributed by atoms with Crippen molar-refractivity contribution in [3.8, 4) is 11.3 Å². The largest absolute Gasteiger partial charge is 0.465 e. The Morgan fingerprint density at radius 3 is 2.66 bits per heavy atom. The van der Waals surface area contributed by atoms with Crippen molar-refractivity contribution < 1.29 is 18.7 Å². The number of methoxy groups -OCH3 is 1. The normalized spacial score (nSPS) is 10.8. The van der Waals surface area contributed by atoms with Crippen LogP contribution in [0.1, 0.15) is 16.1 Å². The number of amides is 1. The number of nitrogens with zero attached hydrogens (tertiary/aromatic N) is 1. The number of benzene rings is 2. The number of carbonyl (C=O) groups is 2. The molecule has 1 heterocycles. The van der Waals surface area contributed by atoms with E-state index in [1.807, 2.05) is 12.1 Å². The number of rotatable bonds is 7. The van der Waals surface area contributed by atoms with Gasteiger partial charge in [-0.25, -0.2) is 10.2 Å². The number of ether oxygens (including phenoxy) is 1. The minimum atomic E-state index is -0.447. The van der Waals surface area contributed by atoms with Crippen LogP contribution in [0.5, 0.6) is 0 Å². The lowest BCUT2D eigenvalue weighted by Crippen LogP contribution is -2.19. The molecule has 6 nitrogen and oxygen atoms in total. The van der Waals surface area contributed by atoms with Gasteiger partial charge in [0.25, 0.3) is 0 Å². The van der Waals surface area contributed by atoms with Gasteiger partial charge in [-0.1, -0.05) is 29.8 Å². The van der Waals surface area contributed by atoms with Gasteiger partial charge in [0.2, 0.25) is 5.91 Å². The zero-order valence-corrected chi connectivity index (χ0v) is 17.0. The van der Waals surface area contributed by atoms with E-state index >= 15 is 0 Å². The molecule has 0 radical (unpaired) electrons. The van der Waals surface area contributed by atoms with Gasteiger partial charge >= 0.3 is 5.97 Å². The Balaban J connectivity index is 1.57. The first-order valence-electron chi connectivity index (χ1n) is 8.54. The highest BCUT2D eigenvalue weighted by molar-refractivity contribution is 8.00. The summed E-state index contributed by atoms with van der Waals surface area (Å²) < 4.78 is 10.5. The lowest BCUT2D eigenvalue weighted by atomic mass is 10.1. The highest BCUT2D eigenvalue weighted by Crippen LogP contribution is 2.26. The first kappa shape index (κ1) is 20.7. The smallest absolute Gasteiger partial charge is 0.338 e. The van der Waals surface area contributed by atoms with Crippen molar-refractivity contribution in [1.29, 1.82) is 0 Å². The van der Waals surface area contributed by atoms with E-state index in [4.69, 9.17) is 20.8 Å². The first-order valence-corrected chi connectivity index (χ1v) is 9.91. The van der Waals surface area contributed by atoms with E-state index in [1.54, 1.807) is 48.5 Å². The van der Waals surface area contributed by atoms with E-state index in [2.05, 4.69) is 10.5 Å². The van der Waals surface area contributed by atoms with E-state index in [0.717, 1.165) is 4.90 Å². The molecule has 1 N–H and O–H groups in total. The van der Waals surface area contributed by atoms with Gasteiger partial charge in [-0.3, -0.25) is 4.79 Å². The molecule has 0 atom stereocenters. The van der Waals surface area contributed by atoms with Crippen molar-refractivity contribution in [3.05, 3.63) is 77.0 Å². The summed E-state index contributed by atoms with van der Waals surface area (Å²) >= 11 is 7.21. The number of nitrogens with one attached hydrogen (secondary N) is 1. The molecule has 0 aliphatic carbocycles. The summed E-state index contributed by atoms with van der Waals surface area (Å²) in [6.07, 6.45) is 1.40. The van der Waals surface area contributed by atoms with Crippen LogP contribution in [-0.4, -0.2) is 31.0 Å². The Hall–Kier alpha value is -3.03. The summed E-state index contributed by atoms with van der Waals surface area (Å²) in [7, 11) is 1.33. The van der Waals surface area contributed by atoms with Crippen LogP contribution in [0, 0.1) is 0 Å². The predicted molar refractivity (Wildman–Crippen MR) is 113 cm³/mol. The number of halogens is 1. The van der Waals surface area contributed by atoms with Crippen molar-refractivity contribution in [2.24, 2.45) is 5.10 Å². The van der Waals surface area contributed by atoms with E-state index in [-0.39, 0.29) is 11.7 Å². The SMILES string of the molecule is COC(=O)c1ccccc1-c1ccc(/C=N\NC(=O)CSc2ccc(Cl)cc2)o1. The Bertz CT molecular complexity index is 1030. The van der Waals surface area contributed by atoms with Crippen LogP contribution < -0.4 is 5.43 Å². The maximum atomic E-state index is 11.9. The highest BCUT2D eigenvalue weighted by Gasteiger charge is 2.15. The molecular formula is C21H17ClN2O4S. The fraction of sp³-hybridized carbons (Fsp3) is 0.0952. The summed E-state index contributed by atoms with van der Waals surface area (Å²) in [6.45, 7) is 0. The van der Waals surface area contributed by atoms with Gasteiger partial charge < -0.3 is 9.15 Å². The second kappa shape index (κ2) is 9.95. The summed E-state index contributed by atoms with van der Waals surface area (Å²) in [5.41, 5.74) is 3.47. The molecule has 148 valence electrons. The summed E-state index contributed by atoms with van der Waals surface area (Å²) in [5.74, 6) is 0.457. The second-order valence-corrected chi connectivity index (χ2v) is 7.26. The van der Waals surface area contributed by atoms with Crippen molar-refractivity contribution in [2.45, 2.75) is 4.90 Å². The summed E-state index contributed by atoms with van der Waals surface area (Å²) in [5, 5.41) is 4.55. The fourth-order valence-corrected chi connectivity index (χ4v) is 3.25. The summed E-state index contributed by atoms with van der Waals surface area (Å²) in [4.78, 5) is 24.7. The molecule has 2 aromatic carbocycles. The quantitative estimate of drug-likeness (QED) is 0.257. The van der Waals surface area contributed by atoms with Crippen LogP contribution >= 0.6 is 23.4 Å². The predicted octanol–water partition coefficient (Wildman–Crippen LogP) is 4.63. The van der Waals surface area contributed by atoms with Crippen LogP contribution in [0.2, 0.25) is 5.02 Å². The lowest BCUT2D eigenvalue weighted by Gasteiger charge is -2.04. The van der Waals surface area contributed by atoms with E-state index in [9.17, 15) is 9.59 Å². The second-order valence-electron chi connectivity index (χ2n) is 5.77. The van der Waals surface area contributed by atoms with Crippen molar-refractivity contribution >= 4 is 41.5 Å². The standard InChI is InChI=1S/C21H17ClN2O4S/c1-27-21(26)18-5-3-2-4-17(18)19-11-8-15(28-19)12-23-24-20(25)13-29-16-9-6-14(22)7-10-16/h2-12H,13H2,1H3,(H,24,25)/b23-12-. The Morgan fingerprint density at radius 2 is 1.90 bits per heavy atom. The Labute approximate surface area is 176 Å². The van der Waals surface area contributed by atoms with Crippen molar-refractivity contribution in [1.82, 2.24) is 5.43 Å². The van der Waals surface area contributed by atoms with E-state index < -0.39 is 5.97 Å². The molecule has 0 aliphatic heterocycles. The zero-order chi connectivity index (χ0) is 20.6. The molecular weight excluding hydrogens is 412 g/mol. The minimum Gasteiger partial charge on any atom is -0.465 e. The highest BCUT2D eigenvalue weighted by atomic mass is 35.5. The first-order chi connectivity index (χ1) is 14.1. The molecule has 3 rings (SSSR count). The molecule has 0 bridgehead atoms. The van der Waals surface area contributed by atoms with E-state index in [1.165, 1.54) is 25.1 Å². The zero-order valence-electron chi connectivity index (χ0n) is 15.4.